The van der Waals surface area contributed by atoms with Crippen LogP contribution < -0.4 is 37.9 Å². The standard InChI is InChI=1S/C30H40O2.C25H32O2.C20H24O2.C15H16O2.CH4/c1-23(2)10-7-11-24(3)12-8-13-25(4)14-9-15-26(5)20-21-31-29-18-19-30-28(22-29)17-16-27(6)32-30;1-19(2)8-6-9-20(3)10-7-11-21(4)16-17-26-24-14-15-25-23(18-24)13-12-22(5)27-25;1-15(2)6-5-7-16(3)12-13-21-19-10-11-20-18(14-19)9-8-17(4)22-20;1-11(2)8-9-16-14-6-7-15-13(10-14)5-4-12(3)17-15;/h10,12,14,16-20,22H,6-9,11,13,15,21H2,1-5H3;8,10,12-16,18H,5-7,9,11,17H2,1-4H3;6,8-12,14H,4-5,7,13H2,1-3H3;4-8,10H,3,9H2,1-2H3;1H4/b24-12+,25-14+,26-20+;20-10+,21-16+;16-12+;;. The van der Waals surface area contributed by atoms with Crippen LogP contribution in [-0.4, -0.2) is 26.4 Å². The Kier molecular flexibility index (Phi) is 37.5. The predicted octanol–water partition coefficient (Wildman–Crippen LogP) is 26.8. The van der Waals surface area contributed by atoms with Crippen molar-refractivity contribution in [3.05, 3.63) is 285 Å². The van der Waals surface area contributed by atoms with E-state index < -0.39 is 0 Å². The molecule has 0 saturated carbocycles. The van der Waals surface area contributed by atoms with Crippen LogP contribution in [0.25, 0.3) is 24.3 Å². The van der Waals surface area contributed by atoms with Crippen molar-refractivity contribution in [3.8, 4) is 46.0 Å². The van der Waals surface area contributed by atoms with E-state index in [2.05, 4.69) is 178 Å². The molecule has 0 aliphatic carbocycles. The van der Waals surface area contributed by atoms with Crippen molar-refractivity contribution in [2.75, 3.05) is 26.4 Å². The molecule has 8 rings (SSSR count). The van der Waals surface area contributed by atoms with Gasteiger partial charge in [-0.25, -0.2) is 0 Å². The fourth-order valence-corrected chi connectivity index (χ4v) is 9.95. The lowest BCUT2D eigenvalue weighted by molar-refractivity contribution is 0.360. The van der Waals surface area contributed by atoms with Gasteiger partial charge in [0.05, 0.1) is 0 Å². The summed E-state index contributed by atoms with van der Waals surface area (Å²) in [5.41, 5.74) is 18.1. The van der Waals surface area contributed by atoms with Crippen molar-refractivity contribution < 1.29 is 37.9 Å². The van der Waals surface area contributed by atoms with Crippen LogP contribution in [0.2, 0.25) is 0 Å². The summed E-state index contributed by atoms with van der Waals surface area (Å²) < 4.78 is 45.4. The smallest absolute Gasteiger partial charge is 0.134 e. The van der Waals surface area contributed by atoms with Crippen LogP contribution in [0.4, 0.5) is 0 Å². The first kappa shape index (κ1) is 82.0. The second-order valence-electron chi connectivity index (χ2n) is 26.3. The Morgan fingerprint density at radius 3 is 0.697 bits per heavy atom. The Labute approximate surface area is 598 Å². The van der Waals surface area contributed by atoms with E-state index in [0.29, 0.717) is 49.5 Å². The quantitative estimate of drug-likeness (QED) is 0.0478. The molecule has 4 heterocycles. The van der Waals surface area contributed by atoms with Crippen LogP contribution in [0.15, 0.2) is 263 Å². The molecule has 8 heteroatoms. The molecule has 99 heavy (non-hydrogen) atoms. The zero-order valence-electron chi connectivity index (χ0n) is 61.7. The Morgan fingerprint density at radius 2 is 0.475 bits per heavy atom. The van der Waals surface area contributed by atoms with Crippen LogP contribution in [-0.2, 0) is 0 Å². The maximum absolute atomic E-state index is 5.90. The predicted molar refractivity (Wildman–Crippen MR) is 425 cm³/mol. The fraction of sp³-hybridized carbons (Fsp3) is 0.341. The minimum Gasteiger partial charge on any atom is -0.490 e. The molecular formula is C91H116O8. The Bertz CT molecular complexity index is 3790. The summed E-state index contributed by atoms with van der Waals surface area (Å²) in [4.78, 5) is 0. The highest BCUT2D eigenvalue weighted by molar-refractivity contribution is 5.67. The van der Waals surface area contributed by atoms with Gasteiger partial charge in [0.1, 0.15) is 95.5 Å². The average molecular weight is 1340 g/mol. The zero-order chi connectivity index (χ0) is 71.2. The van der Waals surface area contributed by atoms with E-state index in [9.17, 15) is 0 Å². The lowest BCUT2D eigenvalue weighted by Gasteiger charge is -2.14. The van der Waals surface area contributed by atoms with Gasteiger partial charge in [0.25, 0.3) is 0 Å². The highest BCUT2D eigenvalue weighted by Crippen LogP contribution is 2.34. The van der Waals surface area contributed by atoms with Gasteiger partial charge in [-0.1, -0.05) is 126 Å². The third kappa shape index (κ3) is 34.6. The van der Waals surface area contributed by atoms with Gasteiger partial charge in [0, 0.05) is 22.3 Å². The third-order valence-electron chi connectivity index (χ3n) is 15.8. The van der Waals surface area contributed by atoms with Crippen LogP contribution >= 0.6 is 0 Å². The number of benzene rings is 4. The molecule has 0 saturated heterocycles. The van der Waals surface area contributed by atoms with E-state index >= 15 is 0 Å². The Morgan fingerprint density at radius 1 is 0.273 bits per heavy atom. The monoisotopic (exact) mass is 1340 g/mol. The van der Waals surface area contributed by atoms with E-state index in [1.165, 1.54) is 62.2 Å². The molecule has 0 aromatic heterocycles. The number of hydrogen-bond donors (Lipinski definition) is 0. The molecule has 528 valence electrons. The van der Waals surface area contributed by atoms with E-state index in [1.54, 1.807) is 0 Å². The summed E-state index contributed by atoms with van der Waals surface area (Å²) in [6, 6.07) is 23.4. The molecule has 0 unspecified atom stereocenters. The summed E-state index contributed by atoms with van der Waals surface area (Å²) in [5, 5.41) is 0. The first-order valence-electron chi connectivity index (χ1n) is 34.7. The molecule has 0 N–H and O–H groups in total. The molecule has 0 amide bonds. The minimum atomic E-state index is 0. The molecule has 4 aliphatic heterocycles. The summed E-state index contributed by atoms with van der Waals surface area (Å²) in [7, 11) is 0. The number of fused-ring (bicyclic) bond motifs is 4. The summed E-state index contributed by atoms with van der Waals surface area (Å²) in [5.74, 6) is 9.37. The second kappa shape index (κ2) is 45.2. The van der Waals surface area contributed by atoms with Crippen LogP contribution in [0.3, 0.4) is 0 Å². The van der Waals surface area contributed by atoms with Crippen LogP contribution in [0, 0.1) is 0 Å². The normalized spacial score (nSPS) is 13.5. The zero-order valence-corrected chi connectivity index (χ0v) is 61.7. The number of ether oxygens (including phenoxy) is 8. The van der Waals surface area contributed by atoms with Gasteiger partial charge in [-0.15, -0.1) is 0 Å². The topological polar surface area (TPSA) is 73.8 Å². The average Bonchev–Trinajstić information content (AvgIpc) is 0.945. The van der Waals surface area contributed by atoms with E-state index in [0.717, 1.165) is 139 Å². The molecule has 0 bridgehead atoms. The van der Waals surface area contributed by atoms with Gasteiger partial charge >= 0.3 is 0 Å². The number of allylic oxidation sites excluding steroid dienone is 20. The fourth-order valence-electron chi connectivity index (χ4n) is 9.95. The van der Waals surface area contributed by atoms with E-state index in [-0.39, 0.29) is 7.43 Å². The van der Waals surface area contributed by atoms with Crippen molar-refractivity contribution in [2.45, 2.75) is 181 Å². The lowest BCUT2D eigenvalue weighted by atomic mass is 10.0. The number of rotatable bonds is 30. The molecule has 0 radical (unpaired) electrons. The number of hydrogen-bond acceptors (Lipinski definition) is 8. The molecule has 4 aromatic carbocycles. The summed E-state index contributed by atoms with van der Waals surface area (Å²) in [6.07, 6.45) is 51.4. The molecule has 0 fully saturated rings. The van der Waals surface area contributed by atoms with E-state index in [4.69, 9.17) is 37.9 Å². The van der Waals surface area contributed by atoms with Gasteiger partial charge in [-0.05, 0) is 320 Å². The maximum atomic E-state index is 5.90. The van der Waals surface area contributed by atoms with Crippen molar-refractivity contribution >= 4 is 24.3 Å². The first-order valence-corrected chi connectivity index (χ1v) is 34.7. The molecule has 4 aromatic rings. The molecule has 4 aliphatic rings. The first-order chi connectivity index (χ1) is 47.0. The van der Waals surface area contributed by atoms with E-state index in [1.807, 2.05) is 127 Å². The summed E-state index contributed by atoms with van der Waals surface area (Å²) >= 11 is 0. The van der Waals surface area contributed by atoms with Gasteiger partial charge < -0.3 is 37.9 Å². The highest BCUT2D eigenvalue weighted by Gasteiger charge is 2.13. The van der Waals surface area contributed by atoms with Gasteiger partial charge in [0.2, 0.25) is 0 Å². The lowest BCUT2D eigenvalue weighted by Crippen LogP contribution is -1.99. The summed E-state index contributed by atoms with van der Waals surface area (Å²) in [6.45, 7) is 47.8. The van der Waals surface area contributed by atoms with Crippen LogP contribution in [0.1, 0.15) is 204 Å². The van der Waals surface area contributed by atoms with Crippen molar-refractivity contribution in [1.82, 2.24) is 0 Å². The highest BCUT2D eigenvalue weighted by atomic mass is 16.5. The Hall–Kier alpha value is -9.40. The largest absolute Gasteiger partial charge is 0.490 e. The third-order valence-corrected chi connectivity index (χ3v) is 15.8. The molecule has 8 nitrogen and oxygen atoms in total. The van der Waals surface area contributed by atoms with Gasteiger partial charge in [-0.3, -0.25) is 0 Å². The van der Waals surface area contributed by atoms with Crippen molar-refractivity contribution in [1.29, 1.82) is 0 Å². The van der Waals surface area contributed by atoms with Crippen molar-refractivity contribution in [3.63, 3.8) is 0 Å². The molecular weight excluding hydrogens is 1220 g/mol. The maximum Gasteiger partial charge on any atom is 0.134 e. The molecule has 0 atom stereocenters. The van der Waals surface area contributed by atoms with Crippen molar-refractivity contribution in [2.24, 2.45) is 0 Å². The molecule has 0 spiro atoms. The second-order valence-corrected chi connectivity index (χ2v) is 26.3. The van der Waals surface area contributed by atoms with Gasteiger partial charge in [0.15, 0.2) is 0 Å². The Balaban J connectivity index is 0.000000286. The van der Waals surface area contributed by atoms with Crippen LogP contribution in [0.5, 0.6) is 46.0 Å². The minimum absolute atomic E-state index is 0. The van der Waals surface area contributed by atoms with Gasteiger partial charge in [-0.2, -0.15) is 0 Å². The SMILES string of the molecule is C.C=C1C=Cc2cc(OC/C=C(\C)CC/C=C(\C)CC/C=C(\C)CCC=C(C)C)ccc2O1.C=C1C=Cc2cc(OC/C=C(\C)CC/C=C(\C)CCC=C(C)C)ccc2O1.C=C1C=Cc2cc(OC/C=C(\C)CCC=C(C)C)ccc2O1.C=C1C=Cc2cc(OCC=C(C)C)ccc2O1.